The van der Waals surface area contributed by atoms with E-state index in [0.29, 0.717) is 6.54 Å². The number of nitrogens with one attached hydrogen (secondary N) is 2. The number of amides is 1. The van der Waals surface area contributed by atoms with Crippen LogP contribution in [0.4, 0.5) is 8.78 Å². The van der Waals surface area contributed by atoms with Gasteiger partial charge in [-0.25, -0.2) is 8.78 Å². The number of aromatic amines is 1. The van der Waals surface area contributed by atoms with Gasteiger partial charge in [-0.2, -0.15) is 5.10 Å². The number of halogens is 3. The van der Waals surface area contributed by atoms with Crippen LogP contribution in [0.3, 0.4) is 0 Å². The van der Waals surface area contributed by atoms with Gasteiger partial charge < -0.3 is 5.32 Å². The van der Waals surface area contributed by atoms with Crippen molar-refractivity contribution in [2.45, 2.75) is 13.0 Å². The second kappa shape index (κ2) is 6.34. The first-order valence-corrected chi connectivity index (χ1v) is 7.21. The number of benzene rings is 2. The van der Waals surface area contributed by atoms with Crippen LogP contribution in [0.2, 0.25) is 5.02 Å². The summed E-state index contributed by atoms with van der Waals surface area (Å²) < 4.78 is 25.3. The van der Waals surface area contributed by atoms with Crippen LogP contribution in [0.15, 0.2) is 42.6 Å². The van der Waals surface area contributed by atoms with Gasteiger partial charge >= 0.3 is 0 Å². The van der Waals surface area contributed by atoms with E-state index >= 15 is 0 Å². The monoisotopic (exact) mass is 335 g/mol. The lowest BCUT2D eigenvalue weighted by Crippen LogP contribution is -2.22. The van der Waals surface area contributed by atoms with Gasteiger partial charge in [0.05, 0.1) is 16.7 Å². The second-order valence-electron chi connectivity index (χ2n) is 4.97. The molecule has 2 N–H and O–H groups in total. The van der Waals surface area contributed by atoms with Crippen molar-refractivity contribution in [2.24, 2.45) is 0 Å². The van der Waals surface area contributed by atoms with Gasteiger partial charge in [-0.1, -0.05) is 29.8 Å². The van der Waals surface area contributed by atoms with Gasteiger partial charge in [0.15, 0.2) is 0 Å². The zero-order chi connectivity index (χ0) is 16.4. The lowest BCUT2D eigenvalue weighted by Gasteiger charge is -2.08. The maximum atomic E-state index is 12.7. The summed E-state index contributed by atoms with van der Waals surface area (Å²) in [7, 11) is 0. The van der Waals surface area contributed by atoms with Crippen molar-refractivity contribution in [3.05, 3.63) is 64.3 Å². The molecule has 7 heteroatoms. The van der Waals surface area contributed by atoms with Gasteiger partial charge in [0, 0.05) is 23.1 Å². The zero-order valence-corrected chi connectivity index (χ0v) is 12.6. The number of aromatic nitrogens is 2. The number of nitrogens with zero attached hydrogens (tertiary/aromatic N) is 1. The van der Waals surface area contributed by atoms with Gasteiger partial charge in [-0.15, -0.1) is 0 Å². The molecule has 0 fully saturated rings. The molecule has 0 radical (unpaired) electrons. The molecule has 0 aliphatic carbocycles. The molecule has 0 bridgehead atoms. The minimum atomic E-state index is -2.67. The number of fused-ring (bicyclic) bond motifs is 1. The van der Waals surface area contributed by atoms with Crippen molar-refractivity contribution >= 4 is 28.4 Å². The smallest absolute Gasteiger partial charge is 0.265 e. The highest BCUT2D eigenvalue weighted by atomic mass is 35.5. The molecular formula is C16H12ClF2N3O. The van der Waals surface area contributed by atoms with Crippen LogP contribution in [0.25, 0.3) is 10.9 Å². The van der Waals surface area contributed by atoms with Crippen molar-refractivity contribution in [2.75, 3.05) is 0 Å². The topological polar surface area (TPSA) is 57.8 Å². The minimum Gasteiger partial charge on any atom is -0.348 e. The molecule has 0 saturated heterocycles. The molecule has 4 nitrogen and oxygen atoms in total. The van der Waals surface area contributed by atoms with Crippen molar-refractivity contribution in [3.8, 4) is 0 Å². The molecule has 1 aromatic heterocycles. The number of alkyl halides is 2. The van der Waals surface area contributed by atoms with Crippen LogP contribution in [0.1, 0.15) is 27.9 Å². The van der Waals surface area contributed by atoms with Crippen LogP contribution in [0, 0.1) is 0 Å². The van der Waals surface area contributed by atoms with E-state index < -0.39 is 6.43 Å². The van der Waals surface area contributed by atoms with Gasteiger partial charge in [-0.3, -0.25) is 9.89 Å². The van der Waals surface area contributed by atoms with Crippen LogP contribution < -0.4 is 5.32 Å². The van der Waals surface area contributed by atoms with E-state index in [1.807, 2.05) is 18.2 Å². The fraction of sp³-hybridized carbons (Fsp3) is 0.125. The van der Waals surface area contributed by atoms with E-state index in [-0.39, 0.29) is 22.1 Å². The number of H-pyrrole nitrogens is 1. The molecule has 0 aliphatic rings. The Kier molecular flexibility index (Phi) is 4.25. The average molecular weight is 336 g/mol. The molecule has 1 heterocycles. The largest absolute Gasteiger partial charge is 0.348 e. The van der Waals surface area contributed by atoms with Gasteiger partial charge in [0.2, 0.25) is 0 Å². The third-order valence-electron chi connectivity index (χ3n) is 3.51. The summed E-state index contributed by atoms with van der Waals surface area (Å²) >= 11 is 5.78. The van der Waals surface area contributed by atoms with Gasteiger partial charge in [0.25, 0.3) is 12.3 Å². The van der Waals surface area contributed by atoms with Crippen molar-refractivity contribution in [1.29, 1.82) is 0 Å². The van der Waals surface area contributed by atoms with E-state index in [1.54, 1.807) is 6.20 Å². The lowest BCUT2D eigenvalue weighted by atomic mass is 10.1. The normalized spacial score (nSPS) is 11.1. The van der Waals surface area contributed by atoms with Crippen molar-refractivity contribution in [3.63, 3.8) is 0 Å². The maximum Gasteiger partial charge on any atom is 0.265 e. The molecule has 2 aromatic carbocycles. The predicted octanol–water partition coefficient (Wildman–Crippen LogP) is 4.08. The van der Waals surface area contributed by atoms with E-state index in [0.717, 1.165) is 16.5 Å². The van der Waals surface area contributed by atoms with Crippen LogP contribution in [0.5, 0.6) is 0 Å². The molecular weight excluding hydrogens is 324 g/mol. The summed E-state index contributed by atoms with van der Waals surface area (Å²) in [5.74, 6) is -0.381. The summed E-state index contributed by atoms with van der Waals surface area (Å²) in [4.78, 5) is 12.1. The van der Waals surface area contributed by atoms with Crippen LogP contribution in [-0.2, 0) is 6.54 Å². The summed E-state index contributed by atoms with van der Waals surface area (Å²) in [6.45, 7) is 0.296. The third kappa shape index (κ3) is 3.17. The molecule has 0 atom stereocenters. The Morgan fingerprint density at radius 1 is 1.30 bits per heavy atom. The van der Waals surface area contributed by atoms with E-state index in [1.165, 1.54) is 18.2 Å². The Balaban J connectivity index is 1.75. The molecule has 0 unspecified atom stereocenters. The number of hydrogen-bond donors (Lipinski definition) is 2. The number of hydrogen-bond acceptors (Lipinski definition) is 2. The first-order chi connectivity index (χ1) is 11.1. The molecule has 0 aliphatic heterocycles. The summed E-state index contributed by atoms with van der Waals surface area (Å²) in [6, 6.07) is 9.37. The molecule has 23 heavy (non-hydrogen) atoms. The van der Waals surface area contributed by atoms with Crippen molar-refractivity contribution < 1.29 is 13.6 Å². The number of carbonyl (C=O) groups excluding carboxylic acids is 1. The highest BCUT2D eigenvalue weighted by Crippen LogP contribution is 2.27. The average Bonchev–Trinajstić information content (AvgIpc) is 3.01. The fourth-order valence-electron chi connectivity index (χ4n) is 2.31. The summed E-state index contributed by atoms with van der Waals surface area (Å²) in [6.07, 6.45) is -0.983. The van der Waals surface area contributed by atoms with Crippen molar-refractivity contribution in [1.82, 2.24) is 15.5 Å². The highest BCUT2D eigenvalue weighted by molar-refractivity contribution is 6.31. The molecule has 0 saturated carbocycles. The Hall–Kier alpha value is -2.47. The van der Waals surface area contributed by atoms with Crippen LogP contribution in [-0.4, -0.2) is 16.1 Å². The molecule has 0 spiro atoms. The zero-order valence-electron chi connectivity index (χ0n) is 11.8. The number of carbonyl (C=O) groups is 1. The quantitative estimate of drug-likeness (QED) is 0.754. The lowest BCUT2D eigenvalue weighted by molar-refractivity contribution is 0.0950. The van der Waals surface area contributed by atoms with E-state index in [9.17, 15) is 13.6 Å². The minimum absolute atomic E-state index is 0.121. The standard InChI is InChI=1S/C16H12ClF2N3O/c17-13-6-9(4-5-11(13)15(18)19)16(23)20-7-10-2-1-3-14-12(10)8-21-22-14/h1-6,8,15H,7H2,(H,20,23)(H,21,22). The van der Waals surface area contributed by atoms with E-state index in [2.05, 4.69) is 15.5 Å². The Morgan fingerprint density at radius 2 is 2.13 bits per heavy atom. The molecule has 3 aromatic rings. The Labute approximate surface area is 135 Å². The SMILES string of the molecule is O=C(NCc1cccc2[nH]ncc12)c1ccc(C(F)F)c(Cl)c1. The van der Waals surface area contributed by atoms with Gasteiger partial charge in [0.1, 0.15) is 0 Å². The highest BCUT2D eigenvalue weighted by Gasteiger charge is 2.14. The molecule has 1 amide bonds. The fourth-order valence-corrected chi connectivity index (χ4v) is 2.57. The predicted molar refractivity (Wildman–Crippen MR) is 83.7 cm³/mol. The third-order valence-corrected chi connectivity index (χ3v) is 3.84. The Bertz CT molecular complexity index is 863. The first-order valence-electron chi connectivity index (χ1n) is 6.83. The van der Waals surface area contributed by atoms with Crippen LogP contribution >= 0.6 is 11.6 Å². The second-order valence-corrected chi connectivity index (χ2v) is 5.38. The van der Waals surface area contributed by atoms with E-state index in [4.69, 9.17) is 11.6 Å². The summed E-state index contributed by atoms with van der Waals surface area (Å²) in [5, 5.41) is 10.4. The number of rotatable bonds is 4. The van der Waals surface area contributed by atoms with Gasteiger partial charge in [-0.05, 0) is 23.8 Å². The Morgan fingerprint density at radius 3 is 2.87 bits per heavy atom. The molecule has 118 valence electrons. The molecule has 3 rings (SSSR count). The first kappa shape index (κ1) is 15.4. The summed E-state index contributed by atoms with van der Waals surface area (Å²) in [5.41, 5.74) is 1.73. The maximum absolute atomic E-state index is 12.7.